The van der Waals surface area contributed by atoms with E-state index in [2.05, 4.69) is 18.3 Å². The van der Waals surface area contributed by atoms with Gasteiger partial charge in [-0.25, -0.2) is 0 Å². The molecule has 0 aromatic heterocycles. The SMILES string of the molecule is CNC(CCC(C)OC)c1ccccc1OCCOC. The van der Waals surface area contributed by atoms with Gasteiger partial charge in [-0.2, -0.15) is 0 Å². The number of para-hydroxylation sites is 1. The van der Waals surface area contributed by atoms with Crippen LogP contribution in [0.2, 0.25) is 0 Å². The van der Waals surface area contributed by atoms with Gasteiger partial charge in [0, 0.05) is 25.8 Å². The van der Waals surface area contributed by atoms with E-state index in [0.717, 1.165) is 18.6 Å². The number of nitrogens with one attached hydrogen (secondary N) is 1. The van der Waals surface area contributed by atoms with Crippen LogP contribution in [0.1, 0.15) is 31.4 Å². The average Bonchev–Trinajstić information content (AvgIpc) is 2.49. The van der Waals surface area contributed by atoms with Crippen molar-refractivity contribution in [1.29, 1.82) is 0 Å². The van der Waals surface area contributed by atoms with Crippen LogP contribution >= 0.6 is 0 Å². The van der Waals surface area contributed by atoms with Crippen LogP contribution in [-0.4, -0.2) is 40.6 Å². The number of hydrogen-bond donors (Lipinski definition) is 1. The highest BCUT2D eigenvalue weighted by molar-refractivity contribution is 5.35. The summed E-state index contributed by atoms with van der Waals surface area (Å²) < 4.78 is 16.1. The molecule has 1 aromatic rings. The van der Waals surface area contributed by atoms with Crippen LogP contribution in [-0.2, 0) is 9.47 Å². The van der Waals surface area contributed by atoms with E-state index in [1.807, 2.05) is 25.2 Å². The van der Waals surface area contributed by atoms with Gasteiger partial charge in [0.2, 0.25) is 0 Å². The van der Waals surface area contributed by atoms with Crippen molar-refractivity contribution in [2.24, 2.45) is 0 Å². The van der Waals surface area contributed by atoms with Gasteiger partial charge in [0.25, 0.3) is 0 Å². The van der Waals surface area contributed by atoms with Gasteiger partial charge in [-0.15, -0.1) is 0 Å². The van der Waals surface area contributed by atoms with E-state index in [0.29, 0.717) is 13.2 Å². The van der Waals surface area contributed by atoms with Gasteiger partial charge in [-0.3, -0.25) is 0 Å². The first-order valence-electron chi connectivity index (χ1n) is 7.13. The molecule has 0 saturated carbocycles. The number of rotatable bonds is 10. The Balaban J connectivity index is 2.69. The fraction of sp³-hybridized carbons (Fsp3) is 0.625. The molecule has 1 rings (SSSR count). The van der Waals surface area contributed by atoms with Crippen LogP contribution in [0.4, 0.5) is 0 Å². The monoisotopic (exact) mass is 281 g/mol. The highest BCUT2D eigenvalue weighted by Gasteiger charge is 2.15. The first kappa shape index (κ1) is 17.0. The molecule has 0 aliphatic rings. The Morgan fingerprint density at radius 1 is 1.10 bits per heavy atom. The van der Waals surface area contributed by atoms with Gasteiger partial charge in [0.05, 0.1) is 12.7 Å². The molecule has 0 heterocycles. The van der Waals surface area contributed by atoms with Crippen molar-refractivity contribution in [2.75, 3.05) is 34.5 Å². The maximum absolute atomic E-state index is 5.80. The van der Waals surface area contributed by atoms with Crippen molar-refractivity contribution in [1.82, 2.24) is 5.32 Å². The van der Waals surface area contributed by atoms with Crippen LogP contribution in [0.5, 0.6) is 5.75 Å². The first-order valence-corrected chi connectivity index (χ1v) is 7.13. The third kappa shape index (κ3) is 5.49. The minimum absolute atomic E-state index is 0.270. The van der Waals surface area contributed by atoms with Gasteiger partial charge in [-0.1, -0.05) is 18.2 Å². The number of ether oxygens (including phenoxy) is 3. The highest BCUT2D eigenvalue weighted by atomic mass is 16.5. The summed E-state index contributed by atoms with van der Waals surface area (Å²) in [7, 11) is 5.41. The lowest BCUT2D eigenvalue weighted by atomic mass is 9.99. The minimum atomic E-state index is 0.270. The number of methoxy groups -OCH3 is 2. The van der Waals surface area contributed by atoms with Crippen molar-refractivity contribution >= 4 is 0 Å². The zero-order valence-electron chi connectivity index (χ0n) is 13.0. The predicted octanol–water partition coefficient (Wildman–Crippen LogP) is 2.79. The lowest BCUT2D eigenvalue weighted by molar-refractivity contribution is 0.106. The van der Waals surface area contributed by atoms with E-state index >= 15 is 0 Å². The van der Waals surface area contributed by atoms with Crippen LogP contribution in [0.3, 0.4) is 0 Å². The molecule has 1 N–H and O–H groups in total. The average molecular weight is 281 g/mol. The lowest BCUT2D eigenvalue weighted by Crippen LogP contribution is -2.20. The normalized spacial score (nSPS) is 14.0. The fourth-order valence-corrected chi connectivity index (χ4v) is 2.11. The molecule has 0 spiro atoms. The molecule has 4 nitrogen and oxygen atoms in total. The molecule has 0 saturated heterocycles. The molecule has 0 bridgehead atoms. The van der Waals surface area contributed by atoms with Crippen molar-refractivity contribution in [3.05, 3.63) is 29.8 Å². The summed E-state index contributed by atoms with van der Waals surface area (Å²) >= 11 is 0. The Kier molecular flexibility index (Phi) is 8.26. The van der Waals surface area contributed by atoms with Gasteiger partial charge in [-0.05, 0) is 32.9 Å². The molecule has 0 aliphatic heterocycles. The molecular weight excluding hydrogens is 254 g/mol. The van der Waals surface area contributed by atoms with Crippen LogP contribution in [0.25, 0.3) is 0 Å². The summed E-state index contributed by atoms with van der Waals surface area (Å²) in [5, 5.41) is 3.36. The van der Waals surface area contributed by atoms with E-state index in [4.69, 9.17) is 14.2 Å². The minimum Gasteiger partial charge on any atom is -0.491 e. The molecule has 114 valence electrons. The van der Waals surface area contributed by atoms with Gasteiger partial charge >= 0.3 is 0 Å². The van der Waals surface area contributed by atoms with Crippen molar-refractivity contribution in [3.63, 3.8) is 0 Å². The molecular formula is C16H27NO3. The molecule has 0 amide bonds. The quantitative estimate of drug-likeness (QED) is 0.669. The second-order valence-corrected chi connectivity index (χ2v) is 4.84. The Bertz CT molecular complexity index is 370. The molecule has 20 heavy (non-hydrogen) atoms. The number of hydrogen-bond acceptors (Lipinski definition) is 4. The third-order valence-corrected chi connectivity index (χ3v) is 3.45. The van der Waals surface area contributed by atoms with E-state index in [1.165, 1.54) is 5.56 Å². The van der Waals surface area contributed by atoms with Crippen LogP contribution in [0.15, 0.2) is 24.3 Å². The van der Waals surface area contributed by atoms with Gasteiger partial charge in [0.15, 0.2) is 0 Å². The zero-order valence-corrected chi connectivity index (χ0v) is 13.0. The lowest BCUT2D eigenvalue weighted by Gasteiger charge is -2.21. The summed E-state index contributed by atoms with van der Waals surface area (Å²) in [6, 6.07) is 8.43. The molecule has 2 atom stereocenters. The second-order valence-electron chi connectivity index (χ2n) is 4.84. The maximum atomic E-state index is 5.80. The van der Waals surface area contributed by atoms with Crippen molar-refractivity contribution in [2.45, 2.75) is 31.9 Å². The summed E-state index contributed by atoms with van der Waals surface area (Å²) in [5.74, 6) is 0.925. The van der Waals surface area contributed by atoms with Crippen LogP contribution < -0.4 is 10.1 Å². The Labute approximate surface area is 122 Å². The zero-order chi connectivity index (χ0) is 14.8. The summed E-state index contributed by atoms with van der Waals surface area (Å²) in [5.41, 5.74) is 1.19. The molecule has 2 unspecified atom stereocenters. The maximum Gasteiger partial charge on any atom is 0.124 e. The Hall–Kier alpha value is -1.10. The Morgan fingerprint density at radius 2 is 1.85 bits per heavy atom. The van der Waals surface area contributed by atoms with E-state index in [-0.39, 0.29) is 12.1 Å². The summed E-state index contributed by atoms with van der Waals surface area (Å²) in [4.78, 5) is 0. The molecule has 0 fully saturated rings. The summed E-state index contributed by atoms with van der Waals surface area (Å²) in [6.45, 7) is 3.26. The van der Waals surface area contributed by atoms with Gasteiger partial charge < -0.3 is 19.5 Å². The van der Waals surface area contributed by atoms with E-state index in [9.17, 15) is 0 Å². The Morgan fingerprint density at radius 3 is 2.50 bits per heavy atom. The summed E-state index contributed by atoms with van der Waals surface area (Å²) in [6.07, 6.45) is 2.29. The fourth-order valence-electron chi connectivity index (χ4n) is 2.11. The van der Waals surface area contributed by atoms with Crippen molar-refractivity contribution < 1.29 is 14.2 Å². The predicted molar refractivity (Wildman–Crippen MR) is 81.3 cm³/mol. The first-order chi connectivity index (χ1) is 9.72. The van der Waals surface area contributed by atoms with Gasteiger partial charge in [0.1, 0.15) is 12.4 Å². The standard InChI is InChI=1S/C16H27NO3/c1-13(19-4)9-10-15(17-2)14-7-5-6-8-16(14)20-12-11-18-3/h5-8,13,15,17H,9-12H2,1-4H3. The smallest absolute Gasteiger partial charge is 0.124 e. The van der Waals surface area contributed by atoms with Crippen LogP contribution in [0, 0.1) is 0 Å². The largest absolute Gasteiger partial charge is 0.491 e. The van der Waals surface area contributed by atoms with E-state index in [1.54, 1.807) is 14.2 Å². The highest BCUT2D eigenvalue weighted by Crippen LogP contribution is 2.28. The van der Waals surface area contributed by atoms with Crippen molar-refractivity contribution in [3.8, 4) is 5.75 Å². The topological polar surface area (TPSA) is 39.7 Å². The third-order valence-electron chi connectivity index (χ3n) is 3.45. The molecule has 0 radical (unpaired) electrons. The van der Waals surface area contributed by atoms with E-state index < -0.39 is 0 Å². The molecule has 4 heteroatoms. The molecule has 1 aromatic carbocycles. The molecule has 0 aliphatic carbocycles. The number of benzene rings is 1. The second kappa shape index (κ2) is 9.75.